The Labute approximate surface area is 146 Å². The summed E-state index contributed by atoms with van der Waals surface area (Å²) in [5.41, 5.74) is 7.31. The van der Waals surface area contributed by atoms with E-state index in [9.17, 15) is 4.39 Å². The zero-order valence-corrected chi connectivity index (χ0v) is 14.2. The Morgan fingerprint density at radius 3 is 2.64 bits per heavy atom. The maximum atomic E-state index is 13.1. The van der Waals surface area contributed by atoms with E-state index in [0.717, 1.165) is 57.1 Å². The number of aryl methyl sites for hydroxylation is 1. The van der Waals surface area contributed by atoms with Gasteiger partial charge in [0.15, 0.2) is 5.96 Å². The van der Waals surface area contributed by atoms with E-state index in [2.05, 4.69) is 19.4 Å². The summed E-state index contributed by atoms with van der Waals surface area (Å²) in [4.78, 5) is 13.5. The van der Waals surface area contributed by atoms with E-state index in [4.69, 9.17) is 10.7 Å². The number of halogens is 1. The number of benzene rings is 1. The van der Waals surface area contributed by atoms with Gasteiger partial charge in [0.2, 0.25) is 0 Å². The molecule has 4 rings (SSSR count). The SMILES string of the molecule is NC(=NC1CCn2ccnc2C1)N1CCN(c2ccc(F)cc2)CC1. The van der Waals surface area contributed by atoms with E-state index in [1.165, 1.54) is 12.1 Å². The number of nitrogens with two attached hydrogens (primary N) is 1. The Morgan fingerprint density at radius 1 is 1.12 bits per heavy atom. The van der Waals surface area contributed by atoms with Gasteiger partial charge in [-0.2, -0.15) is 0 Å². The summed E-state index contributed by atoms with van der Waals surface area (Å²) in [6.45, 7) is 4.32. The molecule has 1 atom stereocenters. The molecule has 1 aromatic carbocycles. The van der Waals surface area contributed by atoms with E-state index in [-0.39, 0.29) is 11.9 Å². The molecule has 0 saturated carbocycles. The predicted octanol–water partition coefficient (Wildman–Crippen LogP) is 1.47. The minimum absolute atomic E-state index is 0.202. The van der Waals surface area contributed by atoms with Gasteiger partial charge in [0.1, 0.15) is 11.6 Å². The highest BCUT2D eigenvalue weighted by molar-refractivity contribution is 5.78. The molecule has 0 radical (unpaired) electrons. The molecule has 1 unspecified atom stereocenters. The van der Waals surface area contributed by atoms with Crippen LogP contribution in [0.25, 0.3) is 0 Å². The highest BCUT2D eigenvalue weighted by Crippen LogP contribution is 2.18. The first-order valence-electron chi connectivity index (χ1n) is 8.78. The number of anilines is 1. The van der Waals surface area contributed by atoms with Gasteiger partial charge in [-0.3, -0.25) is 0 Å². The van der Waals surface area contributed by atoms with Gasteiger partial charge < -0.3 is 20.1 Å². The second-order valence-electron chi connectivity index (χ2n) is 6.62. The minimum atomic E-state index is -0.202. The van der Waals surface area contributed by atoms with Crippen LogP contribution in [0.2, 0.25) is 0 Å². The van der Waals surface area contributed by atoms with Crippen molar-refractivity contribution < 1.29 is 4.39 Å². The number of hydrogen-bond acceptors (Lipinski definition) is 3. The summed E-state index contributed by atoms with van der Waals surface area (Å²) < 4.78 is 15.2. The molecule has 1 aromatic heterocycles. The highest BCUT2D eigenvalue weighted by Gasteiger charge is 2.22. The molecule has 0 amide bonds. The lowest BCUT2D eigenvalue weighted by molar-refractivity contribution is 0.374. The number of guanidine groups is 1. The molecule has 2 N–H and O–H groups in total. The third-order valence-electron chi connectivity index (χ3n) is 5.03. The Bertz CT molecular complexity index is 745. The molecule has 6 nitrogen and oxygen atoms in total. The minimum Gasteiger partial charge on any atom is -0.370 e. The molecule has 2 aliphatic rings. The van der Waals surface area contributed by atoms with Gasteiger partial charge in [0.25, 0.3) is 0 Å². The lowest BCUT2D eigenvalue weighted by Crippen LogP contribution is -2.51. The van der Waals surface area contributed by atoms with Crippen molar-refractivity contribution in [3.05, 3.63) is 48.3 Å². The van der Waals surface area contributed by atoms with Crippen molar-refractivity contribution in [1.29, 1.82) is 0 Å². The van der Waals surface area contributed by atoms with E-state index in [0.29, 0.717) is 5.96 Å². The summed E-state index contributed by atoms with van der Waals surface area (Å²) in [5, 5.41) is 0. The van der Waals surface area contributed by atoms with E-state index >= 15 is 0 Å². The van der Waals surface area contributed by atoms with Crippen LogP contribution >= 0.6 is 0 Å². The number of aliphatic imine (C=N–C) groups is 1. The predicted molar refractivity (Wildman–Crippen MR) is 96.1 cm³/mol. The Balaban J connectivity index is 1.35. The fourth-order valence-corrected chi connectivity index (χ4v) is 3.56. The summed E-state index contributed by atoms with van der Waals surface area (Å²) in [6, 6.07) is 6.87. The van der Waals surface area contributed by atoms with Crippen LogP contribution in [0.1, 0.15) is 12.2 Å². The molecular weight excluding hydrogens is 319 g/mol. The van der Waals surface area contributed by atoms with Crippen LogP contribution in [0.15, 0.2) is 41.7 Å². The van der Waals surface area contributed by atoms with Crippen molar-refractivity contribution in [2.24, 2.45) is 10.7 Å². The summed E-state index contributed by atoms with van der Waals surface area (Å²) >= 11 is 0. The maximum Gasteiger partial charge on any atom is 0.191 e. The van der Waals surface area contributed by atoms with E-state index < -0.39 is 0 Å². The van der Waals surface area contributed by atoms with Gasteiger partial charge in [-0.05, 0) is 30.7 Å². The van der Waals surface area contributed by atoms with Crippen LogP contribution in [-0.4, -0.2) is 52.6 Å². The molecule has 25 heavy (non-hydrogen) atoms. The third-order valence-corrected chi connectivity index (χ3v) is 5.03. The second-order valence-corrected chi connectivity index (χ2v) is 6.62. The molecule has 0 spiro atoms. The van der Waals surface area contributed by atoms with Crippen LogP contribution in [0.3, 0.4) is 0 Å². The normalized spacial score (nSPS) is 21.3. The zero-order valence-electron chi connectivity index (χ0n) is 14.2. The lowest BCUT2D eigenvalue weighted by atomic mass is 10.1. The smallest absolute Gasteiger partial charge is 0.191 e. The number of piperazine rings is 1. The fraction of sp³-hybridized carbons (Fsp3) is 0.444. The standard InChI is InChI=1S/C18H23FN6/c19-14-1-3-16(4-2-14)23-9-11-25(12-10-23)18(20)22-15-5-7-24-8-6-21-17(24)13-15/h1-4,6,8,15H,5,7,9-13H2,(H2,20,22). The quantitative estimate of drug-likeness (QED) is 0.663. The van der Waals surface area contributed by atoms with Crippen LogP contribution in [0.4, 0.5) is 10.1 Å². The van der Waals surface area contributed by atoms with E-state index in [1.54, 1.807) is 0 Å². The fourth-order valence-electron chi connectivity index (χ4n) is 3.56. The van der Waals surface area contributed by atoms with Gasteiger partial charge >= 0.3 is 0 Å². The molecule has 0 aliphatic carbocycles. The summed E-state index contributed by atoms with van der Waals surface area (Å²) in [6.07, 6.45) is 5.72. The van der Waals surface area contributed by atoms with Gasteiger partial charge in [0.05, 0.1) is 6.04 Å². The Hall–Kier alpha value is -2.57. The molecule has 1 saturated heterocycles. The average molecular weight is 342 g/mol. The molecule has 3 heterocycles. The van der Waals surface area contributed by atoms with Crippen LogP contribution in [0.5, 0.6) is 0 Å². The van der Waals surface area contributed by atoms with Gasteiger partial charge in [-0.15, -0.1) is 0 Å². The second kappa shape index (κ2) is 6.74. The van der Waals surface area contributed by atoms with Gasteiger partial charge in [-0.25, -0.2) is 14.4 Å². The molecule has 2 aliphatic heterocycles. The van der Waals surface area contributed by atoms with Crippen molar-refractivity contribution in [2.75, 3.05) is 31.1 Å². The van der Waals surface area contributed by atoms with Crippen LogP contribution < -0.4 is 10.6 Å². The van der Waals surface area contributed by atoms with Crippen molar-refractivity contribution >= 4 is 11.6 Å². The molecule has 132 valence electrons. The first-order chi connectivity index (χ1) is 12.2. The van der Waals surface area contributed by atoms with Crippen molar-refractivity contribution in [3.8, 4) is 0 Å². The van der Waals surface area contributed by atoms with Crippen molar-refractivity contribution in [2.45, 2.75) is 25.4 Å². The number of nitrogens with zero attached hydrogens (tertiary/aromatic N) is 5. The number of fused-ring (bicyclic) bond motifs is 1. The van der Waals surface area contributed by atoms with Crippen molar-refractivity contribution in [1.82, 2.24) is 14.5 Å². The van der Waals surface area contributed by atoms with Crippen LogP contribution in [-0.2, 0) is 13.0 Å². The summed E-state index contributed by atoms with van der Waals surface area (Å²) in [7, 11) is 0. The molecule has 1 fully saturated rings. The summed E-state index contributed by atoms with van der Waals surface area (Å²) in [5.74, 6) is 1.52. The third kappa shape index (κ3) is 3.45. The Morgan fingerprint density at radius 2 is 1.88 bits per heavy atom. The molecular formula is C18H23FN6. The zero-order chi connectivity index (χ0) is 17.2. The number of rotatable bonds is 2. The van der Waals surface area contributed by atoms with Crippen molar-refractivity contribution in [3.63, 3.8) is 0 Å². The largest absolute Gasteiger partial charge is 0.370 e. The highest BCUT2D eigenvalue weighted by atomic mass is 19.1. The monoisotopic (exact) mass is 342 g/mol. The molecule has 7 heteroatoms. The van der Waals surface area contributed by atoms with Gasteiger partial charge in [-0.1, -0.05) is 0 Å². The Kier molecular flexibility index (Phi) is 4.29. The van der Waals surface area contributed by atoms with E-state index in [1.807, 2.05) is 24.5 Å². The van der Waals surface area contributed by atoms with Crippen LogP contribution in [0, 0.1) is 5.82 Å². The molecule has 0 bridgehead atoms. The first-order valence-corrected chi connectivity index (χ1v) is 8.78. The number of imidazole rings is 1. The number of aromatic nitrogens is 2. The lowest BCUT2D eigenvalue weighted by Gasteiger charge is -2.37. The molecule has 2 aromatic rings. The maximum absolute atomic E-state index is 13.1. The number of hydrogen-bond donors (Lipinski definition) is 1. The average Bonchev–Trinajstić information content (AvgIpc) is 3.10. The topological polar surface area (TPSA) is 62.7 Å². The van der Waals surface area contributed by atoms with Gasteiger partial charge in [0, 0.05) is 57.2 Å². The first kappa shape index (κ1) is 15.9.